The minimum atomic E-state index is -0.277. The molecule has 5 heteroatoms. The molecule has 2 amide bonds. The van der Waals surface area contributed by atoms with Gasteiger partial charge in [0.25, 0.3) is 5.91 Å². The first kappa shape index (κ1) is 12.2. The fourth-order valence-corrected chi connectivity index (χ4v) is 1.62. The van der Waals surface area contributed by atoms with Crippen molar-refractivity contribution in [1.29, 1.82) is 0 Å². The lowest BCUT2D eigenvalue weighted by Crippen LogP contribution is -2.42. The molecule has 1 N–H and O–H groups in total. The van der Waals surface area contributed by atoms with E-state index >= 15 is 0 Å². The van der Waals surface area contributed by atoms with E-state index in [0.29, 0.717) is 12.4 Å². The maximum absolute atomic E-state index is 11.5. The summed E-state index contributed by atoms with van der Waals surface area (Å²) < 4.78 is 5.52. The molecule has 0 saturated carbocycles. The Morgan fingerprint density at radius 1 is 1.39 bits per heavy atom. The van der Waals surface area contributed by atoms with Crippen molar-refractivity contribution in [2.75, 3.05) is 6.54 Å². The number of amides is 2. The summed E-state index contributed by atoms with van der Waals surface area (Å²) in [5.41, 5.74) is 3.46. The molecule has 94 valence electrons. The van der Waals surface area contributed by atoms with Crippen LogP contribution in [0.3, 0.4) is 0 Å². The van der Waals surface area contributed by atoms with Crippen LogP contribution in [0.25, 0.3) is 0 Å². The van der Waals surface area contributed by atoms with Crippen LogP contribution >= 0.6 is 0 Å². The van der Waals surface area contributed by atoms with Gasteiger partial charge >= 0.3 is 0 Å². The molecule has 0 aliphatic carbocycles. The molecule has 1 aliphatic rings. The summed E-state index contributed by atoms with van der Waals surface area (Å²) >= 11 is 0. The largest absolute Gasteiger partial charge is 0.491 e. The number of carbonyl (C=O) groups excluding carboxylic acids is 2. The summed E-state index contributed by atoms with van der Waals surface area (Å²) in [6.45, 7) is 2.04. The van der Waals surface area contributed by atoms with Crippen molar-refractivity contribution in [3.63, 3.8) is 0 Å². The molecule has 1 heterocycles. The van der Waals surface area contributed by atoms with Gasteiger partial charge in [-0.15, -0.1) is 0 Å². The van der Waals surface area contributed by atoms with Crippen molar-refractivity contribution in [2.45, 2.75) is 13.5 Å². The van der Waals surface area contributed by atoms with Gasteiger partial charge in [-0.2, -0.15) is 0 Å². The molecule has 0 saturated heterocycles. The van der Waals surface area contributed by atoms with Gasteiger partial charge in [0.1, 0.15) is 18.9 Å². The number of hydrazine groups is 1. The third kappa shape index (κ3) is 3.10. The fraction of sp³-hybridized carbons (Fsp3) is 0.231. The van der Waals surface area contributed by atoms with E-state index in [2.05, 4.69) is 5.43 Å². The molecule has 0 aromatic heterocycles. The summed E-state index contributed by atoms with van der Waals surface area (Å²) in [4.78, 5) is 22.3. The van der Waals surface area contributed by atoms with Crippen molar-refractivity contribution in [1.82, 2.24) is 10.4 Å². The second-order valence-corrected chi connectivity index (χ2v) is 3.98. The Bertz CT molecular complexity index is 482. The van der Waals surface area contributed by atoms with Gasteiger partial charge in [-0.1, -0.05) is 30.3 Å². The van der Waals surface area contributed by atoms with Crippen molar-refractivity contribution < 1.29 is 14.3 Å². The topological polar surface area (TPSA) is 58.6 Å². The Kier molecular flexibility index (Phi) is 3.62. The fourth-order valence-electron chi connectivity index (χ4n) is 1.62. The quantitative estimate of drug-likeness (QED) is 0.861. The summed E-state index contributed by atoms with van der Waals surface area (Å²) in [6, 6.07) is 9.68. The molecule has 0 unspecified atom stereocenters. The number of hydrogen-bond donors (Lipinski definition) is 1. The summed E-state index contributed by atoms with van der Waals surface area (Å²) in [5.74, 6) is 0.00641. The van der Waals surface area contributed by atoms with E-state index in [1.807, 2.05) is 30.3 Å². The normalized spacial score (nSPS) is 14.4. The minimum Gasteiger partial charge on any atom is -0.491 e. The number of carbonyl (C=O) groups is 2. The van der Waals surface area contributed by atoms with Crippen molar-refractivity contribution >= 4 is 11.8 Å². The minimum absolute atomic E-state index is 0.269. The van der Waals surface area contributed by atoms with Gasteiger partial charge in [-0.05, 0) is 5.56 Å². The lowest BCUT2D eigenvalue weighted by Gasteiger charge is -2.16. The predicted octanol–water partition coefficient (Wildman–Crippen LogP) is 0.980. The summed E-state index contributed by atoms with van der Waals surface area (Å²) in [5, 5.41) is 1.22. The summed E-state index contributed by atoms with van der Waals surface area (Å²) in [6.07, 6.45) is 1.39. The van der Waals surface area contributed by atoms with Crippen molar-refractivity contribution in [3.8, 4) is 0 Å². The second-order valence-electron chi connectivity index (χ2n) is 3.98. The third-order valence-electron chi connectivity index (χ3n) is 2.42. The van der Waals surface area contributed by atoms with Crippen LogP contribution in [0.2, 0.25) is 0 Å². The molecule has 0 radical (unpaired) electrons. The highest BCUT2D eigenvalue weighted by atomic mass is 16.5. The molecule has 0 spiro atoms. The van der Waals surface area contributed by atoms with E-state index in [1.165, 1.54) is 18.0 Å². The molecule has 0 fully saturated rings. The van der Waals surface area contributed by atoms with Gasteiger partial charge in [-0.3, -0.25) is 15.0 Å². The van der Waals surface area contributed by atoms with Gasteiger partial charge in [0.15, 0.2) is 0 Å². The van der Waals surface area contributed by atoms with E-state index < -0.39 is 0 Å². The molecular formula is C13H14N2O3. The number of nitrogens with zero attached hydrogens (tertiary/aromatic N) is 1. The lowest BCUT2D eigenvalue weighted by atomic mass is 10.2. The molecule has 1 aromatic rings. The van der Waals surface area contributed by atoms with E-state index in [1.54, 1.807) is 0 Å². The summed E-state index contributed by atoms with van der Waals surface area (Å²) in [7, 11) is 0. The number of nitrogens with one attached hydrogen (secondary N) is 1. The predicted molar refractivity (Wildman–Crippen MR) is 64.8 cm³/mol. The van der Waals surface area contributed by atoms with E-state index in [9.17, 15) is 9.59 Å². The Hall–Kier alpha value is -2.30. The van der Waals surface area contributed by atoms with Gasteiger partial charge < -0.3 is 4.74 Å². The second kappa shape index (κ2) is 5.35. The van der Waals surface area contributed by atoms with Crippen LogP contribution in [0.15, 0.2) is 42.2 Å². The highest BCUT2D eigenvalue weighted by Crippen LogP contribution is 2.12. The first-order valence-electron chi connectivity index (χ1n) is 5.61. The first-order chi connectivity index (χ1) is 8.65. The van der Waals surface area contributed by atoms with Gasteiger partial charge in [-0.25, -0.2) is 5.01 Å². The lowest BCUT2D eigenvalue weighted by molar-refractivity contribution is -0.135. The molecule has 1 aromatic carbocycles. The highest BCUT2D eigenvalue weighted by Gasteiger charge is 2.23. The first-order valence-corrected chi connectivity index (χ1v) is 5.61. The average Bonchev–Trinajstić information content (AvgIpc) is 2.68. The Morgan fingerprint density at radius 3 is 2.78 bits per heavy atom. The van der Waals surface area contributed by atoms with Crippen molar-refractivity contribution in [3.05, 3.63) is 47.7 Å². The van der Waals surface area contributed by atoms with E-state index in [4.69, 9.17) is 4.74 Å². The smallest absolute Gasteiger partial charge is 0.268 e. The van der Waals surface area contributed by atoms with Gasteiger partial charge in [0.05, 0.1) is 0 Å². The SMILES string of the molecule is CC(=O)NN1CC(OCc2ccccc2)=CC1=O. The number of ether oxygens (including phenoxy) is 1. The standard InChI is InChI=1S/C13H14N2O3/c1-10(16)14-15-8-12(7-13(15)17)18-9-11-5-3-2-4-6-11/h2-7H,8-9H2,1H3,(H,14,16). The zero-order valence-corrected chi connectivity index (χ0v) is 10.1. The van der Waals surface area contributed by atoms with Crippen LogP contribution in [0.5, 0.6) is 0 Å². The Morgan fingerprint density at radius 2 is 2.11 bits per heavy atom. The van der Waals surface area contributed by atoms with Crippen molar-refractivity contribution in [2.24, 2.45) is 0 Å². The van der Waals surface area contributed by atoms with Crippen LogP contribution in [0.4, 0.5) is 0 Å². The zero-order valence-electron chi connectivity index (χ0n) is 10.1. The maximum Gasteiger partial charge on any atom is 0.268 e. The maximum atomic E-state index is 11.5. The molecule has 2 rings (SSSR count). The van der Waals surface area contributed by atoms with E-state index in [-0.39, 0.29) is 18.4 Å². The highest BCUT2D eigenvalue weighted by molar-refractivity contribution is 5.92. The number of hydrogen-bond acceptors (Lipinski definition) is 3. The molecule has 1 aliphatic heterocycles. The zero-order chi connectivity index (χ0) is 13.0. The number of benzene rings is 1. The monoisotopic (exact) mass is 246 g/mol. The van der Waals surface area contributed by atoms with Crippen LogP contribution in [0.1, 0.15) is 12.5 Å². The van der Waals surface area contributed by atoms with Gasteiger partial charge in [0, 0.05) is 13.0 Å². The average molecular weight is 246 g/mol. The Labute approximate surface area is 105 Å². The Balaban J connectivity index is 1.87. The van der Waals surface area contributed by atoms with Gasteiger partial charge in [0.2, 0.25) is 5.91 Å². The molecule has 18 heavy (non-hydrogen) atoms. The molecule has 0 bridgehead atoms. The molecular weight excluding hydrogens is 232 g/mol. The third-order valence-corrected chi connectivity index (χ3v) is 2.42. The molecule has 5 nitrogen and oxygen atoms in total. The molecule has 0 atom stereocenters. The van der Waals surface area contributed by atoms with Crippen LogP contribution in [-0.2, 0) is 20.9 Å². The van der Waals surface area contributed by atoms with Crippen LogP contribution in [-0.4, -0.2) is 23.4 Å². The van der Waals surface area contributed by atoms with E-state index in [0.717, 1.165) is 5.56 Å². The van der Waals surface area contributed by atoms with Crippen LogP contribution in [0, 0.1) is 0 Å². The van der Waals surface area contributed by atoms with Crippen LogP contribution < -0.4 is 5.43 Å². The number of rotatable bonds is 4.